The summed E-state index contributed by atoms with van der Waals surface area (Å²) in [5.41, 5.74) is 5.60. The molecule has 0 saturated heterocycles. The zero-order chi connectivity index (χ0) is 19.0. The second-order valence-electron chi connectivity index (χ2n) is 7.10. The lowest BCUT2D eigenvalue weighted by molar-refractivity contribution is -0.123. The van der Waals surface area contributed by atoms with Crippen molar-refractivity contribution < 1.29 is 9.53 Å². The number of ether oxygens (including phenoxy) is 1. The highest BCUT2D eigenvalue weighted by Crippen LogP contribution is 2.24. The van der Waals surface area contributed by atoms with E-state index in [9.17, 15) is 4.79 Å². The average molecular weight is 350 g/mol. The molecule has 26 heavy (non-hydrogen) atoms. The van der Waals surface area contributed by atoms with Gasteiger partial charge in [-0.1, -0.05) is 69.3 Å². The number of nitrogens with zero attached hydrogens (tertiary/aromatic N) is 1. The van der Waals surface area contributed by atoms with Crippen LogP contribution in [0.5, 0.6) is 5.75 Å². The van der Waals surface area contributed by atoms with Gasteiger partial charge in [0.15, 0.2) is 6.61 Å². The number of benzene rings is 2. The molecule has 4 heteroatoms. The summed E-state index contributed by atoms with van der Waals surface area (Å²) in [6, 6.07) is 17.7. The fourth-order valence-corrected chi connectivity index (χ4v) is 2.20. The van der Waals surface area contributed by atoms with Gasteiger partial charge in [0, 0.05) is 0 Å². The van der Waals surface area contributed by atoms with Crippen LogP contribution in [0.2, 0.25) is 0 Å². The number of hydrogen-bond acceptors (Lipinski definition) is 3. The maximum atomic E-state index is 11.9. The van der Waals surface area contributed by atoms with Gasteiger partial charge in [0.25, 0.3) is 5.91 Å². The van der Waals surface area contributed by atoms with E-state index in [4.69, 9.17) is 4.74 Å². The lowest BCUT2D eigenvalue weighted by Gasteiger charge is -2.19. The molecule has 0 unspecified atom stereocenters. The van der Waals surface area contributed by atoms with Crippen molar-refractivity contribution in [1.29, 1.82) is 0 Å². The van der Waals surface area contributed by atoms with Gasteiger partial charge in [0.1, 0.15) is 5.75 Å². The summed E-state index contributed by atoms with van der Waals surface area (Å²) in [7, 11) is 0. The molecule has 0 aliphatic rings. The van der Waals surface area contributed by atoms with E-state index in [1.165, 1.54) is 5.56 Å². The van der Waals surface area contributed by atoms with Gasteiger partial charge in [-0.3, -0.25) is 4.79 Å². The van der Waals surface area contributed by atoms with Crippen LogP contribution in [0.3, 0.4) is 0 Å². The van der Waals surface area contributed by atoms with Crippen molar-refractivity contribution >= 4 is 17.7 Å². The normalized spacial score (nSPS) is 12.2. The van der Waals surface area contributed by atoms with Gasteiger partial charge in [0.05, 0.1) is 5.71 Å². The molecule has 136 valence electrons. The van der Waals surface area contributed by atoms with Crippen molar-refractivity contribution in [2.24, 2.45) is 5.10 Å². The molecule has 2 rings (SSSR count). The van der Waals surface area contributed by atoms with Crippen LogP contribution in [0, 0.1) is 0 Å². The van der Waals surface area contributed by atoms with Crippen LogP contribution >= 0.6 is 0 Å². The average Bonchev–Trinajstić information content (AvgIpc) is 2.63. The Bertz CT molecular complexity index is 770. The number of amides is 1. The molecule has 4 nitrogen and oxygen atoms in total. The molecule has 0 heterocycles. The van der Waals surface area contributed by atoms with Gasteiger partial charge in [-0.2, -0.15) is 5.10 Å². The number of carbonyl (C=O) groups excluding carboxylic acids is 1. The molecule has 0 aromatic heterocycles. The maximum absolute atomic E-state index is 11.9. The van der Waals surface area contributed by atoms with Gasteiger partial charge in [-0.05, 0) is 41.7 Å². The third-order valence-electron chi connectivity index (χ3n) is 3.76. The summed E-state index contributed by atoms with van der Waals surface area (Å²) in [6.07, 6.45) is 3.79. The second-order valence-corrected chi connectivity index (χ2v) is 7.10. The van der Waals surface area contributed by atoms with Crippen molar-refractivity contribution in [2.75, 3.05) is 6.61 Å². The SMILES string of the molecule is CC(/C=C/c1ccccc1)=N/NC(=O)COc1ccc(C(C)(C)C)cc1. The Morgan fingerprint density at radius 1 is 1.08 bits per heavy atom. The topological polar surface area (TPSA) is 50.7 Å². The molecule has 0 atom stereocenters. The smallest absolute Gasteiger partial charge is 0.277 e. The fourth-order valence-electron chi connectivity index (χ4n) is 2.20. The first kappa shape index (κ1) is 19.4. The molecular formula is C22H26N2O2. The zero-order valence-corrected chi connectivity index (χ0v) is 15.8. The van der Waals surface area contributed by atoms with Crippen molar-refractivity contribution in [2.45, 2.75) is 33.1 Å². The van der Waals surface area contributed by atoms with E-state index < -0.39 is 0 Å². The Labute approximate surface area is 155 Å². The fraction of sp³-hybridized carbons (Fsp3) is 0.273. The number of carbonyl (C=O) groups is 1. The summed E-state index contributed by atoms with van der Waals surface area (Å²) >= 11 is 0. The van der Waals surface area contributed by atoms with Crippen molar-refractivity contribution in [3.05, 3.63) is 71.8 Å². The molecule has 1 N–H and O–H groups in total. The minimum Gasteiger partial charge on any atom is -0.484 e. The van der Waals surface area contributed by atoms with E-state index >= 15 is 0 Å². The molecule has 0 bridgehead atoms. The number of rotatable bonds is 6. The summed E-state index contributed by atoms with van der Waals surface area (Å²) in [5, 5.41) is 4.05. The standard InChI is InChI=1S/C22H26N2O2/c1-17(10-11-18-8-6-5-7-9-18)23-24-21(25)16-26-20-14-12-19(13-15-20)22(2,3)4/h5-15H,16H2,1-4H3,(H,24,25)/b11-10+,23-17-. The van der Waals surface area contributed by atoms with E-state index in [0.717, 1.165) is 5.56 Å². The van der Waals surface area contributed by atoms with Crippen LogP contribution in [0.4, 0.5) is 0 Å². The molecule has 0 aliphatic heterocycles. The second kappa shape index (κ2) is 8.99. The first-order chi connectivity index (χ1) is 12.3. The third kappa shape index (κ3) is 6.55. The number of nitrogens with one attached hydrogen (secondary N) is 1. The van der Waals surface area contributed by atoms with Gasteiger partial charge in [0.2, 0.25) is 0 Å². The van der Waals surface area contributed by atoms with Crippen molar-refractivity contribution in [3.63, 3.8) is 0 Å². The lowest BCUT2D eigenvalue weighted by Crippen LogP contribution is -2.25. The lowest BCUT2D eigenvalue weighted by atomic mass is 9.87. The van der Waals surface area contributed by atoms with Gasteiger partial charge < -0.3 is 4.74 Å². The Balaban J connectivity index is 1.80. The zero-order valence-electron chi connectivity index (χ0n) is 15.8. The monoisotopic (exact) mass is 350 g/mol. The van der Waals surface area contributed by atoms with Crippen LogP contribution in [-0.4, -0.2) is 18.2 Å². The molecule has 0 aliphatic carbocycles. The highest BCUT2D eigenvalue weighted by Gasteiger charge is 2.13. The summed E-state index contributed by atoms with van der Waals surface area (Å²) in [6.45, 7) is 8.22. The van der Waals surface area contributed by atoms with Crippen LogP contribution in [0.15, 0.2) is 65.8 Å². The highest BCUT2D eigenvalue weighted by molar-refractivity contribution is 5.97. The Morgan fingerprint density at radius 3 is 2.35 bits per heavy atom. The molecule has 2 aromatic carbocycles. The predicted octanol–water partition coefficient (Wildman–Crippen LogP) is 4.57. The van der Waals surface area contributed by atoms with E-state index in [-0.39, 0.29) is 17.9 Å². The van der Waals surface area contributed by atoms with Crippen molar-refractivity contribution in [1.82, 2.24) is 5.43 Å². The van der Waals surface area contributed by atoms with Gasteiger partial charge in [-0.15, -0.1) is 0 Å². The van der Waals surface area contributed by atoms with Crippen LogP contribution in [0.25, 0.3) is 6.08 Å². The molecule has 0 radical (unpaired) electrons. The Morgan fingerprint density at radius 2 is 1.73 bits per heavy atom. The number of hydrazone groups is 1. The van der Waals surface area contributed by atoms with Gasteiger partial charge >= 0.3 is 0 Å². The van der Waals surface area contributed by atoms with E-state index in [1.807, 2.05) is 73.7 Å². The van der Waals surface area contributed by atoms with E-state index in [1.54, 1.807) is 0 Å². The number of allylic oxidation sites excluding steroid dienone is 1. The van der Waals surface area contributed by atoms with Gasteiger partial charge in [-0.25, -0.2) is 5.43 Å². The molecule has 0 saturated carbocycles. The van der Waals surface area contributed by atoms with E-state index in [0.29, 0.717) is 11.5 Å². The van der Waals surface area contributed by atoms with Crippen LogP contribution in [0.1, 0.15) is 38.8 Å². The maximum Gasteiger partial charge on any atom is 0.277 e. The Hall–Kier alpha value is -2.88. The quantitative estimate of drug-likeness (QED) is 0.613. The van der Waals surface area contributed by atoms with Crippen LogP contribution in [-0.2, 0) is 10.2 Å². The summed E-state index contributed by atoms with van der Waals surface area (Å²) < 4.78 is 5.50. The molecule has 0 fully saturated rings. The molecule has 2 aromatic rings. The first-order valence-electron chi connectivity index (χ1n) is 8.64. The Kier molecular flexibility index (Phi) is 6.73. The predicted molar refractivity (Wildman–Crippen MR) is 107 cm³/mol. The molecular weight excluding hydrogens is 324 g/mol. The molecule has 1 amide bonds. The summed E-state index contributed by atoms with van der Waals surface area (Å²) in [4.78, 5) is 11.9. The van der Waals surface area contributed by atoms with E-state index in [2.05, 4.69) is 31.3 Å². The minimum absolute atomic E-state index is 0.0754. The van der Waals surface area contributed by atoms with Crippen molar-refractivity contribution in [3.8, 4) is 5.75 Å². The summed E-state index contributed by atoms with van der Waals surface area (Å²) in [5.74, 6) is 0.371. The first-order valence-corrected chi connectivity index (χ1v) is 8.64. The highest BCUT2D eigenvalue weighted by atomic mass is 16.5. The largest absolute Gasteiger partial charge is 0.484 e. The van der Waals surface area contributed by atoms with Crippen LogP contribution < -0.4 is 10.2 Å². The number of hydrogen-bond donors (Lipinski definition) is 1. The minimum atomic E-state index is -0.294. The third-order valence-corrected chi connectivity index (χ3v) is 3.76. The molecule has 0 spiro atoms.